The van der Waals surface area contributed by atoms with Crippen LogP contribution in [0.3, 0.4) is 0 Å². The number of carbonyl (C=O) groups is 1. The molecule has 3 aromatic heterocycles. The van der Waals surface area contributed by atoms with Gasteiger partial charge in [-0.15, -0.1) is 0 Å². The average Bonchev–Trinajstić information content (AvgIpc) is 3.50. The van der Waals surface area contributed by atoms with E-state index in [9.17, 15) is 18.0 Å². The van der Waals surface area contributed by atoms with Gasteiger partial charge in [0.25, 0.3) is 5.91 Å². The molecule has 0 atom stereocenters. The van der Waals surface area contributed by atoms with E-state index in [0.717, 1.165) is 0 Å². The number of hydrogen-bond donors (Lipinski definition) is 1. The Morgan fingerprint density at radius 1 is 1.06 bits per heavy atom. The normalized spacial score (nSPS) is 13.0. The predicted octanol–water partition coefficient (Wildman–Crippen LogP) is 4.77. The molecule has 1 aliphatic rings. The summed E-state index contributed by atoms with van der Waals surface area (Å²) in [5.74, 6) is 0.929. The Bertz CT molecular complexity index is 1240. The second-order valence-electron chi connectivity index (χ2n) is 7.15. The molecule has 4 aromatic rings. The van der Waals surface area contributed by atoms with E-state index in [4.69, 9.17) is 8.83 Å². The minimum absolute atomic E-state index is 0.154. The lowest BCUT2D eigenvalue weighted by Crippen LogP contribution is -2.22. The van der Waals surface area contributed by atoms with Crippen molar-refractivity contribution in [2.24, 2.45) is 0 Å². The van der Waals surface area contributed by atoms with E-state index in [1.54, 1.807) is 42.5 Å². The van der Waals surface area contributed by atoms with Gasteiger partial charge < -0.3 is 14.2 Å². The Morgan fingerprint density at radius 2 is 1.87 bits per heavy atom. The fourth-order valence-corrected chi connectivity index (χ4v) is 3.80. The van der Waals surface area contributed by atoms with Crippen LogP contribution < -0.4 is 5.32 Å². The second-order valence-corrected chi connectivity index (χ2v) is 7.15. The summed E-state index contributed by atoms with van der Waals surface area (Å²) in [6.45, 7) is 0.235. The number of hydrogen-bond acceptors (Lipinski definition) is 4. The first-order chi connectivity index (χ1) is 14.9. The van der Waals surface area contributed by atoms with Crippen LogP contribution in [0, 0.1) is 0 Å². The van der Waals surface area contributed by atoms with E-state index >= 15 is 0 Å². The highest BCUT2D eigenvalue weighted by atomic mass is 19.4. The monoisotopic (exact) mass is 427 g/mol. The molecule has 158 valence electrons. The molecule has 1 N–H and O–H groups in total. The van der Waals surface area contributed by atoms with Gasteiger partial charge in [-0.05, 0) is 48.9 Å². The van der Waals surface area contributed by atoms with Gasteiger partial charge in [0, 0.05) is 23.1 Å². The van der Waals surface area contributed by atoms with Crippen molar-refractivity contribution in [1.29, 1.82) is 0 Å². The minimum Gasteiger partial charge on any atom is -0.469 e. The molecule has 9 heteroatoms. The van der Waals surface area contributed by atoms with Crippen LogP contribution in [0.15, 0.2) is 63.8 Å². The highest BCUT2D eigenvalue weighted by molar-refractivity contribution is 5.94. The van der Waals surface area contributed by atoms with Gasteiger partial charge in [0.15, 0.2) is 5.69 Å². The lowest BCUT2D eigenvalue weighted by Gasteiger charge is -2.15. The number of nitrogens with one attached hydrogen (secondary N) is 1. The number of furan rings is 2. The molecule has 0 saturated heterocycles. The molecular formula is C22H16F3N3O3. The number of nitrogens with zero attached hydrogens (tertiary/aromatic N) is 2. The van der Waals surface area contributed by atoms with Crippen LogP contribution in [0.2, 0.25) is 0 Å². The number of rotatable bonds is 4. The summed E-state index contributed by atoms with van der Waals surface area (Å²) < 4.78 is 52.7. The van der Waals surface area contributed by atoms with Crippen molar-refractivity contribution in [2.75, 3.05) is 0 Å². The maximum Gasteiger partial charge on any atom is 0.435 e. The summed E-state index contributed by atoms with van der Waals surface area (Å²) in [7, 11) is 0. The summed E-state index contributed by atoms with van der Waals surface area (Å²) in [5.41, 5.74) is 1.03. The maximum atomic E-state index is 13.6. The van der Waals surface area contributed by atoms with Crippen LogP contribution in [-0.4, -0.2) is 15.7 Å². The molecular weight excluding hydrogens is 411 g/mol. The number of benzene rings is 1. The van der Waals surface area contributed by atoms with E-state index in [1.165, 1.54) is 17.2 Å². The Labute approximate surface area is 174 Å². The molecule has 1 aliphatic carbocycles. The molecule has 0 saturated carbocycles. The molecule has 0 fully saturated rings. The van der Waals surface area contributed by atoms with E-state index in [1.807, 2.05) is 0 Å². The quantitative estimate of drug-likeness (QED) is 0.509. The second kappa shape index (κ2) is 7.19. The molecule has 3 heterocycles. The molecule has 1 amide bonds. The average molecular weight is 427 g/mol. The Hall–Kier alpha value is -3.75. The van der Waals surface area contributed by atoms with Crippen LogP contribution in [0.4, 0.5) is 13.2 Å². The third-order valence-corrected chi connectivity index (χ3v) is 5.23. The summed E-state index contributed by atoms with van der Waals surface area (Å²) in [6, 6.07) is 11.4. The van der Waals surface area contributed by atoms with Gasteiger partial charge in [-0.1, -0.05) is 0 Å². The lowest BCUT2D eigenvalue weighted by atomic mass is 9.94. The molecule has 31 heavy (non-hydrogen) atoms. The van der Waals surface area contributed by atoms with Gasteiger partial charge in [-0.3, -0.25) is 4.79 Å². The van der Waals surface area contributed by atoms with Crippen LogP contribution in [0.1, 0.15) is 33.1 Å². The van der Waals surface area contributed by atoms with Gasteiger partial charge in [-0.2, -0.15) is 18.3 Å². The predicted molar refractivity (Wildman–Crippen MR) is 104 cm³/mol. The standard InChI is InChI=1S/C22H16F3N3O3/c23-22(24,25)20-17-7-8-18-16(9-11-31-18)19(17)28(27-20)14-5-3-13(4-6-14)21(29)26-12-15-2-1-10-30-15/h1-6,9-11H,7-8,12H2,(H,26,29). The van der Waals surface area contributed by atoms with Gasteiger partial charge in [-0.25, -0.2) is 4.68 Å². The fourth-order valence-electron chi connectivity index (χ4n) is 3.80. The number of aromatic nitrogens is 2. The van der Waals surface area contributed by atoms with Crippen molar-refractivity contribution in [3.05, 3.63) is 83.3 Å². The van der Waals surface area contributed by atoms with Gasteiger partial charge >= 0.3 is 6.18 Å². The van der Waals surface area contributed by atoms with Crippen LogP contribution in [0.5, 0.6) is 0 Å². The highest BCUT2D eigenvalue weighted by Crippen LogP contribution is 2.42. The zero-order valence-electron chi connectivity index (χ0n) is 16.1. The first-order valence-electron chi connectivity index (χ1n) is 9.58. The zero-order valence-corrected chi connectivity index (χ0v) is 16.1. The number of alkyl halides is 3. The maximum absolute atomic E-state index is 13.6. The molecule has 0 bridgehead atoms. The summed E-state index contributed by atoms with van der Waals surface area (Å²) in [4.78, 5) is 12.3. The molecule has 0 unspecified atom stereocenters. The molecule has 0 aliphatic heterocycles. The van der Waals surface area contributed by atoms with Gasteiger partial charge in [0.1, 0.15) is 11.5 Å². The largest absolute Gasteiger partial charge is 0.469 e. The van der Waals surface area contributed by atoms with Crippen molar-refractivity contribution in [3.63, 3.8) is 0 Å². The van der Waals surface area contributed by atoms with Crippen LogP contribution in [0.25, 0.3) is 16.9 Å². The van der Waals surface area contributed by atoms with E-state index < -0.39 is 11.9 Å². The van der Waals surface area contributed by atoms with Crippen molar-refractivity contribution in [3.8, 4) is 16.9 Å². The third-order valence-electron chi connectivity index (χ3n) is 5.23. The van der Waals surface area contributed by atoms with Gasteiger partial charge in [0.05, 0.1) is 30.5 Å². The van der Waals surface area contributed by atoms with Crippen LogP contribution >= 0.6 is 0 Å². The Balaban J connectivity index is 1.48. The minimum atomic E-state index is -4.57. The zero-order chi connectivity index (χ0) is 21.6. The lowest BCUT2D eigenvalue weighted by molar-refractivity contribution is -0.142. The van der Waals surface area contributed by atoms with Crippen molar-refractivity contribution in [1.82, 2.24) is 15.1 Å². The smallest absolute Gasteiger partial charge is 0.435 e. The van der Waals surface area contributed by atoms with Crippen molar-refractivity contribution in [2.45, 2.75) is 25.6 Å². The first-order valence-corrected chi connectivity index (χ1v) is 9.58. The molecule has 0 radical (unpaired) electrons. The Kier molecular flexibility index (Phi) is 4.46. The highest BCUT2D eigenvalue weighted by Gasteiger charge is 2.41. The molecule has 1 aromatic carbocycles. The number of aryl methyl sites for hydroxylation is 1. The topological polar surface area (TPSA) is 73.2 Å². The number of carbonyl (C=O) groups excluding carboxylic acids is 1. The molecule has 5 rings (SSSR count). The van der Waals surface area contributed by atoms with Crippen molar-refractivity contribution < 1.29 is 26.8 Å². The number of amides is 1. The number of fused-ring (bicyclic) bond motifs is 3. The van der Waals surface area contributed by atoms with Crippen LogP contribution in [-0.2, 0) is 25.6 Å². The van der Waals surface area contributed by atoms with E-state index in [-0.39, 0.29) is 24.4 Å². The number of halogens is 3. The van der Waals surface area contributed by atoms with E-state index in [2.05, 4.69) is 10.4 Å². The van der Waals surface area contributed by atoms with Crippen molar-refractivity contribution >= 4 is 5.91 Å². The summed E-state index contributed by atoms with van der Waals surface area (Å²) in [5, 5.41) is 6.62. The first kappa shape index (κ1) is 19.2. The third kappa shape index (κ3) is 3.41. The van der Waals surface area contributed by atoms with E-state index in [0.29, 0.717) is 40.4 Å². The Morgan fingerprint density at radius 3 is 2.58 bits per heavy atom. The van der Waals surface area contributed by atoms with Gasteiger partial charge in [0.2, 0.25) is 0 Å². The summed E-state index contributed by atoms with van der Waals surface area (Å²) >= 11 is 0. The summed E-state index contributed by atoms with van der Waals surface area (Å²) in [6.07, 6.45) is -1.00. The SMILES string of the molecule is O=C(NCc1ccco1)c1ccc(-n2nc(C(F)(F)F)c3c2-c2ccoc2CC3)cc1. The fraction of sp³-hybridized carbons (Fsp3) is 0.182. The molecule has 6 nitrogen and oxygen atoms in total. The molecule has 0 spiro atoms.